The molecule has 1 aliphatic rings. The second-order valence-electron chi connectivity index (χ2n) is 12.1. The summed E-state index contributed by atoms with van der Waals surface area (Å²) in [6.45, 7) is 15.0. The summed E-state index contributed by atoms with van der Waals surface area (Å²) in [6, 6.07) is 13.8. The molecule has 0 aromatic heterocycles. The van der Waals surface area contributed by atoms with Gasteiger partial charge in [-0.1, -0.05) is 68.9 Å². The van der Waals surface area contributed by atoms with E-state index in [4.69, 9.17) is 10.5 Å². The molecule has 0 radical (unpaired) electrons. The van der Waals surface area contributed by atoms with Gasteiger partial charge in [-0.05, 0) is 108 Å². The van der Waals surface area contributed by atoms with Crippen molar-refractivity contribution in [1.82, 2.24) is 10.6 Å². The van der Waals surface area contributed by atoms with Crippen LogP contribution in [0, 0.1) is 17.7 Å². The van der Waals surface area contributed by atoms with Crippen molar-refractivity contribution in [2.24, 2.45) is 10.7 Å². The SMILES string of the molecule is CC1CCC(CNCC#Cc2cccc(C(N)=O)c2)O1.CC=N/C(C)=C(/C=C\CCCC)C(NCCCc1ccc(F)cc1)=C(C)CC. The van der Waals surface area contributed by atoms with Gasteiger partial charge in [-0.15, -0.1) is 0 Å². The van der Waals surface area contributed by atoms with Gasteiger partial charge in [0.15, 0.2) is 0 Å². The van der Waals surface area contributed by atoms with Gasteiger partial charge in [-0.3, -0.25) is 9.79 Å². The maximum absolute atomic E-state index is 13.0. The molecule has 1 heterocycles. The molecule has 3 rings (SSSR count). The molecule has 4 N–H and O–H groups in total. The third kappa shape index (κ3) is 15.7. The summed E-state index contributed by atoms with van der Waals surface area (Å²) in [5, 5.41) is 6.92. The van der Waals surface area contributed by atoms with Crippen molar-refractivity contribution in [2.45, 2.75) is 105 Å². The van der Waals surface area contributed by atoms with Gasteiger partial charge in [0, 0.05) is 47.4 Å². The van der Waals surface area contributed by atoms with Crippen LogP contribution in [0.15, 0.2) is 88.2 Å². The summed E-state index contributed by atoms with van der Waals surface area (Å²) in [7, 11) is 0. The first-order chi connectivity index (χ1) is 23.2. The van der Waals surface area contributed by atoms with Crippen LogP contribution in [-0.4, -0.2) is 44.0 Å². The van der Waals surface area contributed by atoms with Crippen LogP contribution in [0.25, 0.3) is 0 Å². The van der Waals surface area contributed by atoms with Gasteiger partial charge in [0.1, 0.15) is 5.82 Å². The molecule has 1 amide bonds. The number of halogens is 1. The smallest absolute Gasteiger partial charge is 0.248 e. The van der Waals surface area contributed by atoms with Gasteiger partial charge in [0.05, 0.1) is 18.8 Å². The molecular formula is C41H57FN4O2. The Morgan fingerprint density at radius 1 is 1.12 bits per heavy atom. The number of hydrogen-bond donors (Lipinski definition) is 3. The van der Waals surface area contributed by atoms with Gasteiger partial charge in [0.25, 0.3) is 0 Å². The number of ether oxygens (including phenoxy) is 1. The number of amides is 1. The van der Waals surface area contributed by atoms with E-state index in [9.17, 15) is 9.18 Å². The number of nitrogens with one attached hydrogen (secondary N) is 2. The number of nitrogens with two attached hydrogens (primary N) is 1. The Kier molecular flexibility index (Phi) is 19.6. The number of rotatable bonds is 16. The van der Waals surface area contributed by atoms with Gasteiger partial charge < -0.3 is 21.1 Å². The average molecular weight is 657 g/mol. The lowest BCUT2D eigenvalue weighted by atomic mass is 10.0. The first-order valence-corrected chi connectivity index (χ1v) is 17.5. The number of primary amides is 1. The van der Waals surface area contributed by atoms with Crippen LogP contribution < -0.4 is 16.4 Å². The minimum absolute atomic E-state index is 0.178. The third-order valence-corrected chi connectivity index (χ3v) is 8.09. The highest BCUT2D eigenvalue weighted by molar-refractivity contribution is 5.93. The summed E-state index contributed by atoms with van der Waals surface area (Å²) in [5.74, 6) is 5.44. The van der Waals surface area contributed by atoms with E-state index < -0.39 is 5.91 Å². The number of unbranched alkanes of at least 4 members (excludes halogenated alkanes) is 2. The summed E-state index contributed by atoms with van der Waals surface area (Å²) in [4.78, 5) is 15.6. The Morgan fingerprint density at radius 3 is 2.54 bits per heavy atom. The van der Waals surface area contributed by atoms with Crippen molar-refractivity contribution in [3.05, 3.63) is 106 Å². The molecule has 2 aromatic carbocycles. The van der Waals surface area contributed by atoms with Crippen molar-refractivity contribution in [2.75, 3.05) is 19.6 Å². The molecule has 2 unspecified atom stereocenters. The number of aryl methyl sites for hydroxylation is 1. The number of nitrogens with zero attached hydrogens (tertiary/aromatic N) is 1. The topological polar surface area (TPSA) is 88.7 Å². The highest BCUT2D eigenvalue weighted by Crippen LogP contribution is 2.22. The third-order valence-electron chi connectivity index (χ3n) is 8.09. The fourth-order valence-electron chi connectivity index (χ4n) is 5.21. The van der Waals surface area contributed by atoms with Crippen molar-refractivity contribution in [3.63, 3.8) is 0 Å². The fourth-order valence-corrected chi connectivity index (χ4v) is 5.21. The molecule has 2 aromatic rings. The zero-order chi connectivity index (χ0) is 35.1. The Bertz CT molecular complexity index is 1450. The molecule has 48 heavy (non-hydrogen) atoms. The van der Waals surface area contributed by atoms with Gasteiger partial charge in [-0.2, -0.15) is 0 Å². The fraction of sp³-hybridized carbons (Fsp3) is 0.463. The Morgan fingerprint density at radius 2 is 1.90 bits per heavy atom. The first-order valence-electron chi connectivity index (χ1n) is 17.5. The first kappa shape index (κ1) is 40.2. The van der Waals surface area contributed by atoms with E-state index in [1.54, 1.807) is 18.2 Å². The largest absolute Gasteiger partial charge is 0.385 e. The van der Waals surface area contributed by atoms with Crippen molar-refractivity contribution >= 4 is 12.1 Å². The van der Waals surface area contributed by atoms with E-state index in [1.165, 1.54) is 47.4 Å². The Hall–Kier alpha value is -3.99. The minimum Gasteiger partial charge on any atom is -0.385 e. The number of benzene rings is 2. The normalized spacial score (nSPS) is 16.9. The molecule has 2 atom stereocenters. The summed E-state index contributed by atoms with van der Waals surface area (Å²) in [6.07, 6.45) is 15.7. The summed E-state index contributed by atoms with van der Waals surface area (Å²) >= 11 is 0. The van der Waals surface area contributed by atoms with E-state index in [2.05, 4.69) is 74.2 Å². The molecule has 260 valence electrons. The van der Waals surface area contributed by atoms with E-state index >= 15 is 0 Å². The molecule has 6 nitrogen and oxygen atoms in total. The average Bonchev–Trinajstić information content (AvgIpc) is 3.50. The Labute approximate surface area is 289 Å². The number of carbonyl (C=O) groups excluding carboxylic acids is 1. The lowest BCUT2D eigenvalue weighted by molar-refractivity contribution is 0.0567. The molecule has 1 aliphatic heterocycles. The minimum atomic E-state index is -0.431. The number of aliphatic imine (C=N–C) groups is 1. The number of allylic oxidation sites excluding steroid dienone is 4. The Balaban J connectivity index is 0.000000351. The van der Waals surface area contributed by atoms with E-state index in [1.807, 2.05) is 31.3 Å². The number of hydrogen-bond acceptors (Lipinski definition) is 5. The lowest BCUT2D eigenvalue weighted by Crippen LogP contribution is -2.27. The standard InChI is InChI=1S/C25H37FN2.C16H20N2O2/c1-6-9-10-11-14-24(21(5)27-8-3)25(20(4)7-2)28-19-12-13-22-15-17-23(26)18-16-22;1-12-7-8-15(20-12)11-18-9-3-5-13-4-2-6-14(10-13)16(17)19/h8,11,14-18,28H,6-7,9-10,12-13,19H2,1-5H3;2,4,6,10,12,15,18H,7-9,11H2,1H3,(H2,17,19)/b14-11-,24-21-,25-20?,27-8?;. The van der Waals surface area contributed by atoms with Crippen molar-refractivity contribution < 1.29 is 13.9 Å². The van der Waals surface area contributed by atoms with Gasteiger partial charge in [-0.25, -0.2) is 4.39 Å². The van der Waals surface area contributed by atoms with E-state index in [0.717, 1.165) is 62.9 Å². The van der Waals surface area contributed by atoms with Crippen LogP contribution in [-0.2, 0) is 11.2 Å². The maximum atomic E-state index is 13.0. The second-order valence-corrected chi connectivity index (χ2v) is 12.1. The van der Waals surface area contributed by atoms with Crippen molar-refractivity contribution in [1.29, 1.82) is 0 Å². The predicted molar refractivity (Wildman–Crippen MR) is 200 cm³/mol. The number of carbonyl (C=O) groups is 1. The maximum Gasteiger partial charge on any atom is 0.248 e. The van der Waals surface area contributed by atoms with Crippen LogP contribution in [0.3, 0.4) is 0 Å². The molecule has 0 aliphatic carbocycles. The van der Waals surface area contributed by atoms with Crippen LogP contribution >= 0.6 is 0 Å². The molecule has 0 saturated carbocycles. The lowest BCUT2D eigenvalue weighted by Gasteiger charge is -2.17. The molecule has 1 saturated heterocycles. The second kappa shape index (κ2) is 23.4. The van der Waals surface area contributed by atoms with Crippen LogP contribution in [0.4, 0.5) is 4.39 Å². The zero-order valence-corrected chi connectivity index (χ0v) is 30.0. The zero-order valence-electron chi connectivity index (χ0n) is 30.0. The summed E-state index contributed by atoms with van der Waals surface area (Å²) < 4.78 is 18.8. The van der Waals surface area contributed by atoms with Crippen LogP contribution in [0.5, 0.6) is 0 Å². The van der Waals surface area contributed by atoms with Crippen LogP contribution in [0.2, 0.25) is 0 Å². The molecule has 0 bridgehead atoms. The van der Waals surface area contributed by atoms with Crippen molar-refractivity contribution in [3.8, 4) is 11.8 Å². The monoisotopic (exact) mass is 656 g/mol. The molecule has 7 heteroatoms. The highest BCUT2D eigenvalue weighted by atomic mass is 19.1. The molecule has 0 spiro atoms. The molecular weight excluding hydrogens is 599 g/mol. The quantitative estimate of drug-likeness (QED) is 0.0733. The highest BCUT2D eigenvalue weighted by Gasteiger charge is 2.20. The summed E-state index contributed by atoms with van der Waals surface area (Å²) in [5.41, 5.74) is 12.4. The van der Waals surface area contributed by atoms with Crippen LogP contribution in [0.1, 0.15) is 108 Å². The van der Waals surface area contributed by atoms with Gasteiger partial charge >= 0.3 is 0 Å². The predicted octanol–water partition coefficient (Wildman–Crippen LogP) is 8.44. The van der Waals surface area contributed by atoms with E-state index in [0.29, 0.717) is 24.3 Å². The molecule has 1 fully saturated rings. The van der Waals surface area contributed by atoms with E-state index in [-0.39, 0.29) is 5.82 Å². The van der Waals surface area contributed by atoms with Gasteiger partial charge in [0.2, 0.25) is 5.91 Å².